The van der Waals surface area contributed by atoms with Gasteiger partial charge in [0.2, 0.25) is 11.7 Å². The molecule has 1 N–H and O–H groups in total. The summed E-state index contributed by atoms with van der Waals surface area (Å²) in [7, 11) is 0. The van der Waals surface area contributed by atoms with Crippen molar-refractivity contribution in [3.63, 3.8) is 0 Å². The highest BCUT2D eigenvalue weighted by molar-refractivity contribution is 5.68. The first-order chi connectivity index (χ1) is 17.6. The first-order valence-corrected chi connectivity index (χ1v) is 11.8. The van der Waals surface area contributed by atoms with Gasteiger partial charge in [-0.15, -0.1) is 0 Å². The molecule has 0 amide bonds. The van der Waals surface area contributed by atoms with Crippen molar-refractivity contribution < 1.29 is 14.6 Å². The number of aliphatic hydroxyl groups excluding tert-OH is 1. The zero-order chi connectivity index (χ0) is 24.9. The fraction of sp³-hybridized carbons (Fsp3) is 0.0645. The van der Waals surface area contributed by atoms with E-state index in [0.717, 1.165) is 27.9 Å². The van der Waals surface area contributed by atoms with Crippen LogP contribution in [0, 0.1) is 10.1 Å². The van der Waals surface area contributed by atoms with Gasteiger partial charge in [-0.2, -0.15) is 4.57 Å². The number of non-ortho nitro benzene ring substituents is 1. The molecule has 0 aliphatic heterocycles. The van der Waals surface area contributed by atoms with Crippen LogP contribution in [0.1, 0.15) is 23.3 Å². The molecule has 2 unspecified atom stereocenters. The maximum atomic E-state index is 11.7. The third-order valence-corrected chi connectivity index (χ3v) is 6.32. The number of rotatable bonds is 7. The third-order valence-electron chi connectivity index (χ3n) is 6.32. The lowest BCUT2D eigenvalue weighted by Crippen LogP contribution is -2.45. The molecule has 176 valence electrons. The van der Waals surface area contributed by atoms with Crippen LogP contribution < -0.4 is 4.57 Å². The minimum absolute atomic E-state index is 0.0499. The summed E-state index contributed by atoms with van der Waals surface area (Å²) in [4.78, 5) is 11.0. The van der Waals surface area contributed by atoms with E-state index in [9.17, 15) is 15.2 Å². The summed E-state index contributed by atoms with van der Waals surface area (Å²) >= 11 is 0. The van der Waals surface area contributed by atoms with E-state index < -0.39 is 17.1 Å². The second kappa shape index (κ2) is 10.3. The first-order valence-electron chi connectivity index (χ1n) is 11.8. The lowest BCUT2D eigenvalue weighted by Gasteiger charge is -2.22. The minimum atomic E-state index is -1.03. The number of hydrogen-bond acceptors (Lipinski definition) is 3. The Hall–Kier alpha value is -4.61. The van der Waals surface area contributed by atoms with Crippen molar-refractivity contribution >= 4 is 5.69 Å². The molecule has 5 nitrogen and oxygen atoms in total. The molecule has 0 saturated carbocycles. The zero-order valence-electron chi connectivity index (χ0n) is 19.5. The van der Waals surface area contributed by atoms with Crippen molar-refractivity contribution in [3.05, 3.63) is 155 Å². The third kappa shape index (κ3) is 4.78. The van der Waals surface area contributed by atoms with E-state index in [1.807, 2.05) is 91.1 Å². The Kier molecular flexibility index (Phi) is 6.65. The van der Waals surface area contributed by atoms with Crippen molar-refractivity contribution in [1.29, 1.82) is 0 Å². The lowest BCUT2D eigenvalue weighted by molar-refractivity contribution is -0.712. The van der Waals surface area contributed by atoms with E-state index in [2.05, 4.69) is 22.8 Å². The van der Waals surface area contributed by atoms with Crippen molar-refractivity contribution in [1.82, 2.24) is 0 Å². The largest absolute Gasteiger partial charge is 0.381 e. The molecule has 4 aromatic carbocycles. The molecule has 0 radical (unpaired) electrons. The number of nitro benzene ring substituents is 1. The Labute approximate surface area is 209 Å². The topological polar surface area (TPSA) is 67.2 Å². The lowest BCUT2D eigenvalue weighted by atomic mass is 9.93. The van der Waals surface area contributed by atoms with E-state index in [1.165, 1.54) is 12.1 Å². The number of pyridine rings is 1. The highest BCUT2D eigenvalue weighted by Gasteiger charge is 2.34. The van der Waals surface area contributed by atoms with Crippen LogP contribution in [-0.4, -0.2) is 10.0 Å². The highest BCUT2D eigenvalue weighted by atomic mass is 16.6. The van der Waals surface area contributed by atoms with Gasteiger partial charge < -0.3 is 5.11 Å². The molecule has 5 rings (SSSR count). The van der Waals surface area contributed by atoms with Crippen molar-refractivity contribution in [2.45, 2.75) is 12.1 Å². The fourth-order valence-corrected chi connectivity index (χ4v) is 4.55. The Morgan fingerprint density at radius 3 is 1.86 bits per heavy atom. The summed E-state index contributed by atoms with van der Waals surface area (Å²) in [5.41, 5.74) is 5.41. The van der Waals surface area contributed by atoms with E-state index in [0.29, 0.717) is 5.56 Å². The molecule has 36 heavy (non-hydrogen) atoms. The van der Waals surface area contributed by atoms with Gasteiger partial charge >= 0.3 is 0 Å². The molecule has 5 aromatic rings. The molecule has 0 saturated heterocycles. The molecule has 0 fully saturated rings. The summed E-state index contributed by atoms with van der Waals surface area (Å²) in [5.74, 6) is 0. The second-order valence-corrected chi connectivity index (χ2v) is 8.59. The summed E-state index contributed by atoms with van der Waals surface area (Å²) in [6, 6.07) is 39.8. The highest BCUT2D eigenvalue weighted by Crippen LogP contribution is 2.33. The SMILES string of the molecule is O=[N+]([O-])c1cccc(C(O)C(c2ccccc2)[n+]2ccc(-c3ccccc3)cc2-c2ccccc2)c1. The zero-order valence-corrected chi connectivity index (χ0v) is 19.5. The van der Waals surface area contributed by atoms with Crippen LogP contribution in [0.25, 0.3) is 22.4 Å². The molecule has 0 aliphatic rings. The van der Waals surface area contributed by atoms with E-state index in [-0.39, 0.29) is 5.69 Å². The van der Waals surface area contributed by atoms with Crippen LogP contribution in [0.15, 0.2) is 134 Å². The first kappa shape index (κ1) is 23.1. The van der Waals surface area contributed by atoms with Crippen molar-refractivity contribution in [2.75, 3.05) is 0 Å². The molecule has 0 bridgehead atoms. The van der Waals surface area contributed by atoms with Crippen LogP contribution in [0.5, 0.6) is 0 Å². The predicted molar refractivity (Wildman–Crippen MR) is 140 cm³/mol. The molecule has 1 aromatic heterocycles. The fourth-order valence-electron chi connectivity index (χ4n) is 4.55. The van der Waals surface area contributed by atoms with Crippen LogP contribution in [-0.2, 0) is 0 Å². The number of hydrogen-bond donors (Lipinski definition) is 1. The minimum Gasteiger partial charge on any atom is -0.381 e. The van der Waals surface area contributed by atoms with Gasteiger partial charge in [0.15, 0.2) is 6.20 Å². The van der Waals surface area contributed by atoms with Gasteiger partial charge in [-0.3, -0.25) is 10.1 Å². The maximum Gasteiger partial charge on any atom is 0.269 e. The quantitative estimate of drug-likeness (QED) is 0.166. The standard InChI is InChI=1S/C31H25N2O3/c34-31(27-17-10-18-28(21-27)33(35)36)30(25-15-8-3-9-16-25)32-20-19-26(23-11-4-1-5-12-23)22-29(32)24-13-6-2-7-14-24/h1-22,30-31,34H/q+1. The summed E-state index contributed by atoms with van der Waals surface area (Å²) in [6.07, 6.45) is 0.963. The van der Waals surface area contributed by atoms with Crippen LogP contribution in [0.3, 0.4) is 0 Å². The average Bonchev–Trinajstić information content (AvgIpc) is 2.95. The summed E-state index contributed by atoms with van der Waals surface area (Å²) < 4.78 is 2.06. The Morgan fingerprint density at radius 2 is 1.22 bits per heavy atom. The van der Waals surface area contributed by atoms with Crippen LogP contribution in [0.4, 0.5) is 5.69 Å². The van der Waals surface area contributed by atoms with Gasteiger partial charge in [-0.05, 0) is 28.8 Å². The summed E-state index contributed by atoms with van der Waals surface area (Å²) in [6.45, 7) is 0. The molecule has 1 heterocycles. The van der Waals surface area contributed by atoms with Gasteiger partial charge in [0.1, 0.15) is 6.10 Å². The number of benzene rings is 4. The molecule has 2 atom stereocenters. The van der Waals surface area contributed by atoms with Gasteiger partial charge in [-0.1, -0.05) is 91.0 Å². The number of nitro groups is 1. The molecular formula is C31H25N2O3+. The van der Waals surface area contributed by atoms with Crippen molar-refractivity contribution in [2.24, 2.45) is 0 Å². The van der Waals surface area contributed by atoms with Crippen LogP contribution >= 0.6 is 0 Å². The van der Waals surface area contributed by atoms with Gasteiger partial charge in [0.25, 0.3) is 5.69 Å². The van der Waals surface area contributed by atoms with Crippen LogP contribution in [0.2, 0.25) is 0 Å². The Morgan fingerprint density at radius 1 is 0.639 bits per heavy atom. The Balaban J connectivity index is 1.71. The molecule has 0 spiro atoms. The van der Waals surface area contributed by atoms with E-state index >= 15 is 0 Å². The van der Waals surface area contributed by atoms with Gasteiger partial charge in [-0.25, -0.2) is 0 Å². The average molecular weight is 474 g/mol. The normalized spacial score (nSPS) is 12.6. The number of aliphatic hydroxyl groups is 1. The molecule has 5 heteroatoms. The molecular weight excluding hydrogens is 448 g/mol. The Bertz CT molecular complexity index is 1470. The van der Waals surface area contributed by atoms with E-state index in [4.69, 9.17) is 0 Å². The number of aromatic nitrogens is 1. The van der Waals surface area contributed by atoms with Gasteiger partial charge in [0.05, 0.1) is 4.92 Å². The van der Waals surface area contributed by atoms with Gasteiger partial charge in [0, 0.05) is 35.4 Å². The smallest absolute Gasteiger partial charge is 0.269 e. The van der Waals surface area contributed by atoms with Crippen molar-refractivity contribution in [3.8, 4) is 22.4 Å². The number of nitrogens with zero attached hydrogens (tertiary/aromatic N) is 2. The maximum absolute atomic E-state index is 11.7. The monoisotopic (exact) mass is 473 g/mol. The van der Waals surface area contributed by atoms with E-state index in [1.54, 1.807) is 12.1 Å². The summed E-state index contributed by atoms with van der Waals surface area (Å²) in [5, 5.41) is 23.1. The second-order valence-electron chi connectivity index (χ2n) is 8.59. The predicted octanol–water partition coefficient (Wildman–Crippen LogP) is 6.54. The molecule has 0 aliphatic carbocycles.